The molecule has 0 bridgehead atoms. The van der Waals surface area contributed by atoms with Crippen LogP contribution in [0.2, 0.25) is 0 Å². The Morgan fingerprint density at radius 3 is 2.35 bits per heavy atom. The fourth-order valence-electron chi connectivity index (χ4n) is 2.38. The molecule has 6 nitrogen and oxygen atoms in total. The van der Waals surface area contributed by atoms with Crippen LogP contribution in [0, 0.1) is 6.92 Å². The largest absolute Gasteiger partial charge is 0.444 e. The molecule has 0 atom stereocenters. The second-order valence-electron chi connectivity index (χ2n) is 6.18. The zero-order valence-electron chi connectivity index (χ0n) is 11.9. The van der Waals surface area contributed by atoms with Gasteiger partial charge in [0.15, 0.2) is 0 Å². The molecule has 0 radical (unpaired) electrons. The van der Waals surface area contributed by atoms with Gasteiger partial charge in [0.25, 0.3) is 5.92 Å². The van der Waals surface area contributed by atoms with Crippen LogP contribution in [-0.4, -0.2) is 33.0 Å². The van der Waals surface area contributed by atoms with Gasteiger partial charge in [-0.2, -0.15) is 15.4 Å². The molecule has 20 heavy (non-hydrogen) atoms. The molecule has 0 aliphatic heterocycles. The number of carbonyl (C=O) groups is 1. The van der Waals surface area contributed by atoms with Gasteiger partial charge in [-0.3, -0.25) is 0 Å². The number of hydrogen-bond acceptors (Lipinski definition) is 4. The van der Waals surface area contributed by atoms with Crippen LogP contribution in [0.4, 0.5) is 13.6 Å². The molecule has 1 aliphatic carbocycles. The summed E-state index contributed by atoms with van der Waals surface area (Å²) < 4.78 is 31.7. The van der Waals surface area contributed by atoms with Gasteiger partial charge in [-0.25, -0.2) is 13.6 Å². The van der Waals surface area contributed by atoms with Crippen LogP contribution in [0.25, 0.3) is 0 Å². The third kappa shape index (κ3) is 2.88. The van der Waals surface area contributed by atoms with Crippen molar-refractivity contribution in [1.82, 2.24) is 20.7 Å². The molecule has 2 rings (SSSR count). The molecular formula is C12H18F2N4O2. The molecule has 1 aliphatic rings. The van der Waals surface area contributed by atoms with Gasteiger partial charge in [0.05, 0.1) is 5.69 Å². The van der Waals surface area contributed by atoms with Crippen molar-refractivity contribution in [2.75, 3.05) is 0 Å². The average Bonchev–Trinajstić information content (AvgIpc) is 2.57. The number of H-pyrrole nitrogens is 1. The van der Waals surface area contributed by atoms with Gasteiger partial charge >= 0.3 is 6.09 Å². The maximum atomic E-state index is 13.3. The summed E-state index contributed by atoms with van der Waals surface area (Å²) >= 11 is 0. The maximum absolute atomic E-state index is 13.3. The lowest BCUT2D eigenvalue weighted by atomic mass is 9.70. The molecule has 0 aromatic carbocycles. The van der Waals surface area contributed by atoms with E-state index in [1.807, 2.05) is 0 Å². The molecule has 2 N–H and O–H groups in total. The Kier molecular flexibility index (Phi) is 3.22. The predicted molar refractivity (Wildman–Crippen MR) is 66.3 cm³/mol. The number of alkyl carbamates (subject to hydrolysis) is 1. The smallest absolute Gasteiger partial charge is 0.408 e. The lowest BCUT2D eigenvalue weighted by molar-refractivity contribution is -0.137. The third-order valence-corrected chi connectivity index (χ3v) is 3.04. The molecule has 0 spiro atoms. The minimum Gasteiger partial charge on any atom is -0.444 e. The molecule has 1 aromatic rings. The van der Waals surface area contributed by atoms with Crippen molar-refractivity contribution in [2.45, 2.75) is 57.6 Å². The Hall–Kier alpha value is -1.73. The van der Waals surface area contributed by atoms with E-state index in [0.29, 0.717) is 11.4 Å². The molecular weight excluding hydrogens is 270 g/mol. The standard InChI is InChI=1S/C12H18F2N4O2/c1-7-8(17-18-16-7)11(5-12(13,14)6-11)15-9(19)20-10(2,3)4/h5-6H2,1-4H3,(H,15,19)(H,16,17,18). The monoisotopic (exact) mass is 288 g/mol. The van der Waals surface area contributed by atoms with Gasteiger partial charge in [0.1, 0.15) is 16.8 Å². The average molecular weight is 288 g/mol. The summed E-state index contributed by atoms with van der Waals surface area (Å²) in [6.07, 6.45) is -1.76. The number of hydrogen-bond donors (Lipinski definition) is 2. The maximum Gasteiger partial charge on any atom is 0.408 e. The van der Waals surface area contributed by atoms with Crippen molar-refractivity contribution < 1.29 is 18.3 Å². The molecule has 1 saturated carbocycles. The SMILES string of the molecule is Cc1n[nH]nc1C1(NC(=O)OC(C)(C)C)CC(F)(F)C1. The third-order valence-electron chi connectivity index (χ3n) is 3.04. The number of aromatic nitrogens is 3. The van der Waals surface area contributed by atoms with Crippen molar-refractivity contribution in [3.63, 3.8) is 0 Å². The minimum atomic E-state index is -2.82. The van der Waals surface area contributed by atoms with E-state index in [4.69, 9.17) is 4.74 Å². The Morgan fingerprint density at radius 2 is 1.95 bits per heavy atom. The van der Waals surface area contributed by atoms with Crippen LogP contribution in [0.1, 0.15) is 45.0 Å². The first kappa shape index (κ1) is 14.7. The summed E-state index contributed by atoms with van der Waals surface area (Å²) in [6, 6.07) is 0. The first-order valence-corrected chi connectivity index (χ1v) is 6.30. The molecule has 1 heterocycles. The lowest BCUT2D eigenvalue weighted by Crippen LogP contribution is -2.60. The lowest BCUT2D eigenvalue weighted by Gasteiger charge is -2.46. The number of alkyl halides is 2. The van der Waals surface area contributed by atoms with Crippen LogP contribution >= 0.6 is 0 Å². The number of amides is 1. The number of nitrogens with zero attached hydrogens (tertiary/aromatic N) is 2. The number of rotatable bonds is 2. The number of carbonyl (C=O) groups excluding carboxylic acids is 1. The van der Waals surface area contributed by atoms with E-state index >= 15 is 0 Å². The summed E-state index contributed by atoms with van der Waals surface area (Å²) in [5, 5.41) is 12.6. The Morgan fingerprint density at radius 1 is 1.35 bits per heavy atom. The number of aryl methyl sites for hydroxylation is 1. The highest BCUT2D eigenvalue weighted by molar-refractivity contribution is 5.69. The topological polar surface area (TPSA) is 79.9 Å². The summed E-state index contributed by atoms with van der Waals surface area (Å²) in [5.74, 6) is -2.82. The molecule has 0 unspecified atom stereocenters. The Bertz CT molecular complexity index is 514. The van der Waals surface area contributed by atoms with Crippen LogP contribution in [0.5, 0.6) is 0 Å². The van der Waals surface area contributed by atoms with Crippen molar-refractivity contribution in [3.05, 3.63) is 11.4 Å². The molecule has 1 fully saturated rings. The highest BCUT2D eigenvalue weighted by Crippen LogP contribution is 2.51. The van der Waals surface area contributed by atoms with E-state index < -0.39 is 36.0 Å². The first-order valence-electron chi connectivity index (χ1n) is 6.30. The number of aromatic amines is 1. The van der Waals surface area contributed by atoms with Crippen LogP contribution in [0.15, 0.2) is 0 Å². The van der Waals surface area contributed by atoms with Crippen LogP contribution in [-0.2, 0) is 10.3 Å². The predicted octanol–water partition coefficient (Wildman–Crippen LogP) is 2.26. The van der Waals surface area contributed by atoms with Gasteiger partial charge in [-0.15, -0.1) is 0 Å². The zero-order chi connectivity index (χ0) is 15.2. The molecule has 1 aromatic heterocycles. The highest BCUT2D eigenvalue weighted by atomic mass is 19.3. The summed E-state index contributed by atoms with van der Waals surface area (Å²) in [5.41, 5.74) is -1.11. The summed E-state index contributed by atoms with van der Waals surface area (Å²) in [6.45, 7) is 6.76. The van der Waals surface area contributed by atoms with Crippen molar-refractivity contribution in [3.8, 4) is 0 Å². The van der Waals surface area contributed by atoms with Crippen LogP contribution < -0.4 is 5.32 Å². The number of nitrogens with one attached hydrogen (secondary N) is 2. The van der Waals surface area contributed by atoms with Gasteiger partial charge in [0, 0.05) is 12.8 Å². The zero-order valence-corrected chi connectivity index (χ0v) is 11.9. The Balaban J connectivity index is 2.19. The van der Waals surface area contributed by atoms with Gasteiger partial charge in [0.2, 0.25) is 0 Å². The molecule has 0 saturated heterocycles. The fraction of sp³-hybridized carbons (Fsp3) is 0.750. The van der Waals surface area contributed by atoms with Crippen LogP contribution in [0.3, 0.4) is 0 Å². The molecule has 8 heteroatoms. The van der Waals surface area contributed by atoms with Crippen molar-refractivity contribution in [2.24, 2.45) is 0 Å². The number of halogens is 2. The van der Waals surface area contributed by atoms with E-state index in [1.54, 1.807) is 27.7 Å². The van der Waals surface area contributed by atoms with E-state index in [0.717, 1.165) is 0 Å². The van der Waals surface area contributed by atoms with E-state index in [9.17, 15) is 13.6 Å². The van der Waals surface area contributed by atoms with Crippen molar-refractivity contribution in [1.29, 1.82) is 0 Å². The van der Waals surface area contributed by atoms with Gasteiger partial charge in [-0.1, -0.05) is 0 Å². The first-order chi connectivity index (χ1) is 9.03. The normalized spacial score (nSPS) is 20.1. The second-order valence-corrected chi connectivity index (χ2v) is 6.18. The Labute approximate surface area is 115 Å². The number of ether oxygens (including phenoxy) is 1. The summed E-state index contributed by atoms with van der Waals surface area (Å²) in [4.78, 5) is 11.8. The van der Waals surface area contributed by atoms with E-state index in [-0.39, 0.29) is 0 Å². The minimum absolute atomic E-state index is 0.328. The molecule has 1 amide bonds. The van der Waals surface area contributed by atoms with Crippen molar-refractivity contribution >= 4 is 6.09 Å². The second kappa shape index (κ2) is 4.39. The van der Waals surface area contributed by atoms with Gasteiger partial charge in [-0.05, 0) is 27.7 Å². The molecule has 112 valence electrons. The van der Waals surface area contributed by atoms with E-state index in [1.165, 1.54) is 0 Å². The van der Waals surface area contributed by atoms with Gasteiger partial charge < -0.3 is 10.1 Å². The highest BCUT2D eigenvalue weighted by Gasteiger charge is 2.60. The summed E-state index contributed by atoms with van der Waals surface area (Å²) in [7, 11) is 0. The van der Waals surface area contributed by atoms with E-state index in [2.05, 4.69) is 20.7 Å². The fourth-order valence-corrected chi connectivity index (χ4v) is 2.38. The quantitative estimate of drug-likeness (QED) is 0.874.